The molecule has 0 aliphatic carbocycles. The van der Waals surface area contributed by atoms with Gasteiger partial charge in [-0.3, -0.25) is 0 Å². The third kappa shape index (κ3) is 4.48. The lowest BCUT2D eigenvalue weighted by Gasteiger charge is -2.39. The quantitative estimate of drug-likeness (QED) is 0.789. The SMILES string of the molecule is C[C@@H]1CN[C@H](c2cc(Cl)nc(Cl)c2)CN1C(=O)OC(C)(C)C. The molecule has 1 aromatic rings. The number of pyridine rings is 1. The topological polar surface area (TPSA) is 54.5 Å². The molecule has 1 saturated heterocycles. The van der Waals surface area contributed by atoms with Crippen LogP contribution in [0, 0.1) is 0 Å². The van der Waals surface area contributed by atoms with E-state index in [1.807, 2.05) is 27.7 Å². The van der Waals surface area contributed by atoms with Crippen LogP contribution in [0.15, 0.2) is 12.1 Å². The number of aromatic nitrogens is 1. The molecule has 7 heteroatoms. The fraction of sp³-hybridized carbons (Fsp3) is 0.600. The van der Waals surface area contributed by atoms with Crippen molar-refractivity contribution in [1.29, 1.82) is 0 Å². The largest absolute Gasteiger partial charge is 0.444 e. The number of nitrogens with zero attached hydrogens (tertiary/aromatic N) is 2. The number of rotatable bonds is 1. The molecule has 2 atom stereocenters. The Morgan fingerprint density at radius 1 is 1.36 bits per heavy atom. The van der Waals surface area contributed by atoms with E-state index in [9.17, 15) is 4.79 Å². The van der Waals surface area contributed by atoms with Gasteiger partial charge in [0.15, 0.2) is 0 Å². The summed E-state index contributed by atoms with van der Waals surface area (Å²) in [5.74, 6) is 0. The zero-order chi connectivity index (χ0) is 16.5. The molecule has 2 heterocycles. The van der Waals surface area contributed by atoms with E-state index in [-0.39, 0.29) is 18.2 Å². The molecule has 2 rings (SSSR count). The summed E-state index contributed by atoms with van der Waals surface area (Å²) in [5.41, 5.74) is 0.394. The highest BCUT2D eigenvalue weighted by Crippen LogP contribution is 2.25. The van der Waals surface area contributed by atoms with Gasteiger partial charge in [0.2, 0.25) is 0 Å². The predicted octanol–water partition coefficient (Wildman–Crippen LogP) is 3.66. The Labute approximate surface area is 140 Å². The molecule has 1 aliphatic heterocycles. The van der Waals surface area contributed by atoms with Crippen molar-refractivity contribution in [1.82, 2.24) is 15.2 Å². The van der Waals surface area contributed by atoms with Crippen LogP contribution in [0.1, 0.15) is 39.3 Å². The molecular formula is C15H21Cl2N3O2. The minimum Gasteiger partial charge on any atom is -0.444 e. The number of nitrogens with one attached hydrogen (secondary N) is 1. The molecule has 1 amide bonds. The number of hydrogen-bond donors (Lipinski definition) is 1. The second-order valence-corrected chi connectivity index (χ2v) is 7.26. The van der Waals surface area contributed by atoms with Gasteiger partial charge in [0.25, 0.3) is 0 Å². The lowest BCUT2D eigenvalue weighted by molar-refractivity contribution is 0.00958. The summed E-state index contributed by atoms with van der Waals surface area (Å²) >= 11 is 11.9. The van der Waals surface area contributed by atoms with Gasteiger partial charge in [-0.2, -0.15) is 0 Å². The Morgan fingerprint density at radius 3 is 2.50 bits per heavy atom. The van der Waals surface area contributed by atoms with Crippen LogP contribution in [-0.2, 0) is 4.74 Å². The van der Waals surface area contributed by atoms with Crippen LogP contribution >= 0.6 is 23.2 Å². The first kappa shape index (κ1) is 17.3. The third-order valence-electron chi connectivity index (χ3n) is 3.39. The summed E-state index contributed by atoms with van der Waals surface area (Å²) in [6.45, 7) is 8.72. The highest BCUT2D eigenvalue weighted by Gasteiger charge is 2.32. The van der Waals surface area contributed by atoms with E-state index in [1.54, 1.807) is 17.0 Å². The minimum absolute atomic E-state index is 0.0540. The zero-order valence-electron chi connectivity index (χ0n) is 13.2. The van der Waals surface area contributed by atoms with Crippen LogP contribution in [0.5, 0.6) is 0 Å². The molecule has 1 fully saturated rings. The van der Waals surface area contributed by atoms with E-state index in [2.05, 4.69) is 10.3 Å². The molecule has 0 radical (unpaired) electrons. The van der Waals surface area contributed by atoms with E-state index >= 15 is 0 Å². The van der Waals surface area contributed by atoms with Crippen molar-refractivity contribution in [2.45, 2.75) is 45.4 Å². The number of amides is 1. The average Bonchev–Trinajstić information content (AvgIpc) is 2.35. The van der Waals surface area contributed by atoms with Crippen molar-refractivity contribution in [3.8, 4) is 0 Å². The van der Waals surface area contributed by atoms with Gasteiger partial charge in [-0.1, -0.05) is 23.2 Å². The van der Waals surface area contributed by atoms with Gasteiger partial charge in [-0.25, -0.2) is 9.78 Å². The number of halogens is 2. The number of ether oxygens (including phenoxy) is 1. The zero-order valence-corrected chi connectivity index (χ0v) is 14.7. The van der Waals surface area contributed by atoms with Crippen LogP contribution in [0.2, 0.25) is 10.3 Å². The summed E-state index contributed by atoms with van der Waals surface area (Å²) in [6.07, 6.45) is -0.308. The molecule has 0 aromatic carbocycles. The highest BCUT2D eigenvalue weighted by atomic mass is 35.5. The van der Waals surface area contributed by atoms with Gasteiger partial charge in [0.05, 0.1) is 6.04 Å². The lowest BCUT2D eigenvalue weighted by atomic mass is 10.0. The number of carbonyl (C=O) groups excluding carboxylic acids is 1. The number of hydrogen-bond acceptors (Lipinski definition) is 4. The molecule has 0 unspecified atom stereocenters. The van der Waals surface area contributed by atoms with E-state index in [0.717, 1.165) is 5.56 Å². The Balaban J connectivity index is 2.15. The standard InChI is InChI=1S/C15H21Cl2N3O2/c1-9-7-18-11(10-5-12(16)19-13(17)6-10)8-20(9)14(21)22-15(2,3)4/h5-6,9,11,18H,7-8H2,1-4H3/t9-,11+/m1/s1. The molecule has 0 saturated carbocycles. The Morgan fingerprint density at radius 2 is 1.95 bits per heavy atom. The van der Waals surface area contributed by atoms with Crippen LogP contribution < -0.4 is 5.32 Å². The molecule has 1 aromatic heterocycles. The lowest BCUT2D eigenvalue weighted by Crippen LogP contribution is -2.54. The van der Waals surface area contributed by atoms with Crippen LogP contribution in [0.4, 0.5) is 4.79 Å². The first-order valence-electron chi connectivity index (χ1n) is 7.22. The third-order valence-corrected chi connectivity index (χ3v) is 3.77. The molecule has 1 N–H and O–H groups in total. The maximum absolute atomic E-state index is 12.3. The summed E-state index contributed by atoms with van der Waals surface area (Å²) in [4.78, 5) is 18.0. The molecule has 1 aliphatic rings. The molecule has 22 heavy (non-hydrogen) atoms. The van der Waals surface area contributed by atoms with Crippen molar-refractivity contribution < 1.29 is 9.53 Å². The van der Waals surface area contributed by atoms with E-state index in [1.165, 1.54) is 0 Å². The summed E-state index contributed by atoms with van der Waals surface area (Å²) in [6, 6.07) is 3.52. The van der Waals surface area contributed by atoms with Crippen LogP contribution in [0.3, 0.4) is 0 Å². The predicted molar refractivity (Wildman–Crippen MR) is 87.4 cm³/mol. The Hall–Kier alpha value is -1.04. The molecule has 122 valence electrons. The van der Waals surface area contributed by atoms with Crippen molar-refractivity contribution in [2.24, 2.45) is 0 Å². The average molecular weight is 346 g/mol. The number of piperazine rings is 1. The second-order valence-electron chi connectivity index (χ2n) is 6.49. The highest BCUT2D eigenvalue weighted by molar-refractivity contribution is 6.32. The van der Waals surface area contributed by atoms with Gasteiger partial charge < -0.3 is 15.0 Å². The van der Waals surface area contributed by atoms with Gasteiger partial charge in [-0.15, -0.1) is 0 Å². The fourth-order valence-corrected chi connectivity index (χ4v) is 2.82. The van der Waals surface area contributed by atoms with Crippen LogP contribution in [0.25, 0.3) is 0 Å². The fourth-order valence-electron chi connectivity index (χ4n) is 2.35. The maximum atomic E-state index is 12.3. The van der Waals surface area contributed by atoms with Gasteiger partial charge in [-0.05, 0) is 45.4 Å². The molecule has 0 spiro atoms. The van der Waals surface area contributed by atoms with Crippen LogP contribution in [-0.4, -0.2) is 40.7 Å². The first-order valence-corrected chi connectivity index (χ1v) is 7.97. The Bertz CT molecular complexity index is 540. The normalized spacial score (nSPS) is 22.5. The van der Waals surface area contributed by atoms with Crippen molar-refractivity contribution in [3.63, 3.8) is 0 Å². The summed E-state index contributed by atoms with van der Waals surface area (Å²) < 4.78 is 5.47. The van der Waals surface area contributed by atoms with E-state index < -0.39 is 5.60 Å². The molecule has 0 bridgehead atoms. The van der Waals surface area contributed by atoms with Crippen molar-refractivity contribution in [2.75, 3.05) is 13.1 Å². The minimum atomic E-state index is -0.513. The summed E-state index contributed by atoms with van der Waals surface area (Å²) in [7, 11) is 0. The van der Waals surface area contributed by atoms with Gasteiger partial charge in [0, 0.05) is 19.1 Å². The maximum Gasteiger partial charge on any atom is 0.410 e. The smallest absolute Gasteiger partial charge is 0.410 e. The van der Waals surface area contributed by atoms with E-state index in [0.29, 0.717) is 23.4 Å². The summed E-state index contributed by atoms with van der Waals surface area (Å²) in [5, 5.41) is 4.07. The Kier molecular flexibility index (Phi) is 5.20. The molecular weight excluding hydrogens is 325 g/mol. The van der Waals surface area contributed by atoms with Crippen molar-refractivity contribution in [3.05, 3.63) is 28.0 Å². The first-order chi connectivity index (χ1) is 10.2. The monoisotopic (exact) mass is 345 g/mol. The second kappa shape index (κ2) is 6.60. The van der Waals surface area contributed by atoms with Crippen molar-refractivity contribution >= 4 is 29.3 Å². The van der Waals surface area contributed by atoms with Gasteiger partial charge >= 0.3 is 6.09 Å². The molecule has 5 nitrogen and oxygen atoms in total. The van der Waals surface area contributed by atoms with Gasteiger partial charge in [0.1, 0.15) is 15.9 Å². The number of carbonyl (C=O) groups is 1. The van der Waals surface area contributed by atoms with E-state index in [4.69, 9.17) is 27.9 Å².